The van der Waals surface area contributed by atoms with Gasteiger partial charge in [0.2, 0.25) is 5.91 Å². The van der Waals surface area contributed by atoms with E-state index in [0.29, 0.717) is 18.7 Å². The summed E-state index contributed by atoms with van der Waals surface area (Å²) in [5.74, 6) is -1.16. The highest BCUT2D eigenvalue weighted by molar-refractivity contribution is 5.96. The molecule has 0 unspecified atom stereocenters. The number of aryl methyl sites for hydroxylation is 1. The fourth-order valence-electron chi connectivity index (χ4n) is 4.72. The molecule has 2 aromatic rings. The van der Waals surface area contributed by atoms with Crippen molar-refractivity contribution in [2.24, 2.45) is 0 Å². The van der Waals surface area contributed by atoms with Crippen LogP contribution in [0.25, 0.3) is 0 Å². The van der Waals surface area contributed by atoms with E-state index >= 15 is 0 Å². The summed E-state index contributed by atoms with van der Waals surface area (Å²) in [6, 6.07) is 13.3. The number of benzene rings is 2. The summed E-state index contributed by atoms with van der Waals surface area (Å²) in [6.07, 6.45) is 2.56. The van der Waals surface area contributed by atoms with Crippen molar-refractivity contribution in [3.8, 4) is 0 Å². The Balaban J connectivity index is 1.94. The summed E-state index contributed by atoms with van der Waals surface area (Å²) < 4.78 is 15.0. The van der Waals surface area contributed by atoms with E-state index in [1.807, 2.05) is 61.2 Å². The van der Waals surface area contributed by atoms with Crippen LogP contribution in [0.1, 0.15) is 69.1 Å². The second-order valence-corrected chi connectivity index (χ2v) is 9.61. The fourth-order valence-corrected chi connectivity index (χ4v) is 4.72. The number of anilines is 2. The molecular weight excluding hydrogens is 419 g/mol. The maximum Gasteiger partial charge on any atom is 0.303 e. The molecule has 2 N–H and O–H groups in total. The Kier molecular flexibility index (Phi) is 7.77. The maximum atomic E-state index is 15.0. The normalized spacial score (nSPS) is 17.1. The van der Waals surface area contributed by atoms with Gasteiger partial charge in [-0.25, -0.2) is 4.39 Å². The third kappa shape index (κ3) is 6.34. The minimum Gasteiger partial charge on any atom is -0.481 e. The molecule has 0 aromatic heterocycles. The van der Waals surface area contributed by atoms with Crippen LogP contribution >= 0.6 is 0 Å². The number of amides is 1. The largest absolute Gasteiger partial charge is 0.481 e. The molecule has 178 valence electrons. The lowest BCUT2D eigenvalue weighted by atomic mass is 9.92. The first-order chi connectivity index (χ1) is 15.6. The third-order valence-electron chi connectivity index (χ3n) is 6.52. The molecule has 0 aliphatic carbocycles. The van der Waals surface area contributed by atoms with E-state index in [4.69, 9.17) is 0 Å². The number of carbonyl (C=O) groups is 2. The predicted octanol–water partition coefficient (Wildman–Crippen LogP) is 5.86. The number of nitrogens with one attached hydrogen (secondary N) is 1. The van der Waals surface area contributed by atoms with Gasteiger partial charge in [-0.05, 0) is 69.2 Å². The lowest BCUT2D eigenvalue weighted by molar-refractivity contribution is -0.137. The standard InChI is InChI=1S/C27H35FN2O3/c1-5-20(17-26(32)33)21-12-13-23(30-14-6-7-24(30)27(3,4)28)22(16-21)29-25(31)15-19-10-8-18(2)9-11-19/h8-13,16,20,24H,5-7,14-15,17H2,1-4H3,(H,29,31)(H,32,33)/t20-,24-/m0/s1. The average Bonchev–Trinajstić information content (AvgIpc) is 3.24. The summed E-state index contributed by atoms with van der Waals surface area (Å²) >= 11 is 0. The number of carboxylic acids is 1. The lowest BCUT2D eigenvalue weighted by Crippen LogP contribution is -2.43. The fraction of sp³-hybridized carbons (Fsp3) is 0.481. The van der Waals surface area contributed by atoms with Crippen molar-refractivity contribution in [3.63, 3.8) is 0 Å². The summed E-state index contributed by atoms with van der Waals surface area (Å²) in [6.45, 7) is 7.87. The minimum atomic E-state index is -1.38. The molecule has 0 bridgehead atoms. The van der Waals surface area contributed by atoms with Gasteiger partial charge in [0.25, 0.3) is 0 Å². The highest BCUT2D eigenvalue weighted by Crippen LogP contribution is 2.39. The van der Waals surface area contributed by atoms with Crippen molar-refractivity contribution in [2.45, 2.75) is 77.4 Å². The van der Waals surface area contributed by atoms with Crippen LogP contribution in [0.2, 0.25) is 0 Å². The smallest absolute Gasteiger partial charge is 0.303 e. The van der Waals surface area contributed by atoms with Crippen molar-refractivity contribution in [1.82, 2.24) is 0 Å². The first kappa shape index (κ1) is 24.7. The molecule has 0 radical (unpaired) electrons. The molecule has 3 rings (SSSR count). The van der Waals surface area contributed by atoms with Gasteiger partial charge in [-0.3, -0.25) is 9.59 Å². The maximum absolute atomic E-state index is 15.0. The third-order valence-corrected chi connectivity index (χ3v) is 6.52. The number of aliphatic carboxylic acids is 1. The van der Waals surface area contributed by atoms with Crippen LogP contribution in [0.4, 0.5) is 15.8 Å². The number of nitrogens with zero attached hydrogens (tertiary/aromatic N) is 1. The van der Waals surface area contributed by atoms with E-state index in [0.717, 1.165) is 35.2 Å². The van der Waals surface area contributed by atoms with Crippen molar-refractivity contribution in [2.75, 3.05) is 16.8 Å². The summed E-state index contributed by atoms with van der Waals surface area (Å²) in [4.78, 5) is 26.3. The van der Waals surface area contributed by atoms with E-state index in [2.05, 4.69) is 5.32 Å². The highest BCUT2D eigenvalue weighted by atomic mass is 19.1. The Labute approximate surface area is 196 Å². The SMILES string of the molecule is CC[C@@H](CC(=O)O)c1ccc(N2CCC[C@H]2C(C)(C)F)c(NC(=O)Cc2ccc(C)cc2)c1. The second kappa shape index (κ2) is 10.4. The van der Waals surface area contributed by atoms with Gasteiger partial charge in [0, 0.05) is 6.54 Å². The van der Waals surface area contributed by atoms with Crippen LogP contribution in [0.15, 0.2) is 42.5 Å². The van der Waals surface area contributed by atoms with Crippen LogP contribution in [0.5, 0.6) is 0 Å². The number of halogens is 1. The molecule has 5 nitrogen and oxygen atoms in total. The molecule has 1 fully saturated rings. The van der Waals surface area contributed by atoms with E-state index in [1.165, 1.54) is 0 Å². The number of alkyl halides is 1. The Morgan fingerprint density at radius 1 is 1.21 bits per heavy atom. The molecule has 1 saturated heterocycles. The van der Waals surface area contributed by atoms with Gasteiger partial charge >= 0.3 is 5.97 Å². The summed E-state index contributed by atoms with van der Waals surface area (Å²) in [5, 5.41) is 12.4. The van der Waals surface area contributed by atoms with Crippen LogP contribution in [-0.2, 0) is 16.0 Å². The number of hydrogen-bond donors (Lipinski definition) is 2. The first-order valence-electron chi connectivity index (χ1n) is 11.7. The molecular formula is C27H35FN2O3. The van der Waals surface area contributed by atoms with Crippen molar-refractivity contribution >= 4 is 23.3 Å². The lowest BCUT2D eigenvalue weighted by Gasteiger charge is -2.35. The molecule has 6 heteroatoms. The first-order valence-corrected chi connectivity index (χ1v) is 11.7. The van der Waals surface area contributed by atoms with Crippen LogP contribution in [0.3, 0.4) is 0 Å². The van der Waals surface area contributed by atoms with Gasteiger partial charge in [-0.2, -0.15) is 0 Å². The molecule has 2 atom stereocenters. The Hall–Kier alpha value is -2.89. The Morgan fingerprint density at radius 3 is 2.52 bits per heavy atom. The van der Waals surface area contributed by atoms with Crippen molar-refractivity contribution in [1.29, 1.82) is 0 Å². The highest BCUT2D eigenvalue weighted by Gasteiger charge is 2.38. The molecule has 2 aromatic carbocycles. The number of carboxylic acid groups (broad SMARTS) is 1. The van der Waals surface area contributed by atoms with Gasteiger partial charge in [0.05, 0.1) is 30.3 Å². The van der Waals surface area contributed by atoms with Crippen LogP contribution in [0, 0.1) is 6.92 Å². The number of rotatable bonds is 9. The number of carbonyl (C=O) groups excluding carboxylic acids is 1. The zero-order valence-corrected chi connectivity index (χ0v) is 20.0. The second-order valence-electron chi connectivity index (χ2n) is 9.61. The van der Waals surface area contributed by atoms with Crippen LogP contribution in [-0.4, -0.2) is 35.2 Å². The molecule has 1 amide bonds. The zero-order valence-electron chi connectivity index (χ0n) is 20.0. The van der Waals surface area contributed by atoms with Gasteiger partial charge in [-0.15, -0.1) is 0 Å². The minimum absolute atomic E-state index is 0.0243. The number of hydrogen-bond acceptors (Lipinski definition) is 3. The van der Waals surface area contributed by atoms with E-state index in [1.54, 1.807) is 13.8 Å². The van der Waals surface area contributed by atoms with Crippen molar-refractivity contribution in [3.05, 3.63) is 59.2 Å². The van der Waals surface area contributed by atoms with Gasteiger partial charge in [0.1, 0.15) is 5.67 Å². The monoisotopic (exact) mass is 454 g/mol. The Bertz CT molecular complexity index is 982. The average molecular weight is 455 g/mol. The van der Waals surface area contributed by atoms with Crippen LogP contribution < -0.4 is 10.2 Å². The molecule has 1 aliphatic rings. The topological polar surface area (TPSA) is 69.6 Å². The molecule has 1 aliphatic heterocycles. The molecule has 1 heterocycles. The quantitative estimate of drug-likeness (QED) is 0.498. The zero-order chi connectivity index (χ0) is 24.2. The van der Waals surface area contributed by atoms with Gasteiger partial charge < -0.3 is 15.3 Å². The van der Waals surface area contributed by atoms with E-state index < -0.39 is 11.6 Å². The van der Waals surface area contributed by atoms with Gasteiger partial charge in [-0.1, -0.05) is 42.8 Å². The summed E-state index contributed by atoms with van der Waals surface area (Å²) in [5.41, 5.74) is 2.93. The van der Waals surface area contributed by atoms with Gasteiger partial charge in [0.15, 0.2) is 0 Å². The van der Waals surface area contributed by atoms with E-state index in [9.17, 15) is 19.1 Å². The van der Waals surface area contributed by atoms with E-state index in [-0.39, 0.29) is 30.7 Å². The molecule has 0 spiro atoms. The predicted molar refractivity (Wildman–Crippen MR) is 131 cm³/mol. The van der Waals surface area contributed by atoms with Crippen molar-refractivity contribution < 1.29 is 19.1 Å². The Morgan fingerprint density at radius 2 is 1.91 bits per heavy atom. The molecule has 33 heavy (non-hydrogen) atoms. The summed E-state index contributed by atoms with van der Waals surface area (Å²) in [7, 11) is 0. The molecule has 0 saturated carbocycles.